The number of nitrogens with two attached hydrogens (primary N) is 1. The molecule has 0 aromatic rings. The summed E-state index contributed by atoms with van der Waals surface area (Å²) in [4.78, 5) is 19.7. The van der Waals surface area contributed by atoms with Crippen molar-refractivity contribution in [1.82, 2.24) is 0 Å². The molecule has 0 heterocycles. The number of rotatable bonds is 16. The van der Waals surface area contributed by atoms with Crippen LogP contribution in [0.25, 0.3) is 0 Å². The van der Waals surface area contributed by atoms with Crippen molar-refractivity contribution in [3.8, 4) is 0 Å². The Bertz CT molecular complexity index is 246. The molecule has 0 atom stereocenters. The van der Waals surface area contributed by atoms with Crippen LogP contribution in [-0.4, -0.2) is 12.5 Å². The first-order chi connectivity index (χ1) is 11.2. The average Bonchev–Trinajstić information content (AvgIpc) is 2.53. The lowest BCUT2D eigenvalue weighted by atomic mass is 10.0. The Hall–Kier alpha value is -0.930. The Labute approximate surface area is 144 Å². The number of hydrogen-bond donors (Lipinski definition) is 1. The maximum absolute atomic E-state index is 10.5. The molecule has 2 N–H and O–H groups in total. The van der Waals surface area contributed by atoms with Crippen LogP contribution in [0.3, 0.4) is 0 Å². The molecule has 0 bridgehead atoms. The van der Waals surface area contributed by atoms with Crippen LogP contribution >= 0.6 is 0 Å². The molecule has 0 radical (unpaired) electrons. The molecule has 0 fully saturated rings. The van der Waals surface area contributed by atoms with Gasteiger partial charge in [0.1, 0.15) is 0 Å². The SMILES string of the molecule is CCCCCCCCCCCCCCCC(N)=O.CCCN=O. The molecule has 0 aliphatic carbocycles. The van der Waals surface area contributed by atoms with Gasteiger partial charge in [0.05, 0.1) is 6.54 Å². The van der Waals surface area contributed by atoms with Crippen LogP contribution in [-0.2, 0) is 4.79 Å². The lowest BCUT2D eigenvalue weighted by molar-refractivity contribution is -0.118. The topological polar surface area (TPSA) is 72.5 Å². The second kappa shape index (κ2) is 23.3. The number of carbonyl (C=O) groups is 1. The van der Waals surface area contributed by atoms with E-state index in [1.54, 1.807) is 0 Å². The fourth-order valence-corrected chi connectivity index (χ4v) is 2.41. The van der Waals surface area contributed by atoms with Crippen LogP contribution in [0.15, 0.2) is 5.18 Å². The predicted octanol–water partition coefficient (Wildman–Crippen LogP) is 6.12. The van der Waals surface area contributed by atoms with E-state index in [1.165, 1.54) is 77.0 Å². The molecular formula is C19H40N2O2. The number of amides is 1. The Morgan fingerprint density at radius 1 is 0.696 bits per heavy atom. The van der Waals surface area contributed by atoms with E-state index >= 15 is 0 Å². The van der Waals surface area contributed by atoms with Crippen LogP contribution in [0.1, 0.15) is 110 Å². The van der Waals surface area contributed by atoms with Crippen molar-refractivity contribution >= 4 is 5.91 Å². The van der Waals surface area contributed by atoms with Gasteiger partial charge in [-0.2, -0.15) is 4.91 Å². The smallest absolute Gasteiger partial charge is 0.217 e. The van der Waals surface area contributed by atoms with E-state index in [0.29, 0.717) is 13.0 Å². The third kappa shape index (κ3) is 29.7. The molecule has 1 amide bonds. The Balaban J connectivity index is 0. The molecule has 0 aliphatic heterocycles. The summed E-state index contributed by atoms with van der Waals surface area (Å²) in [6.07, 6.45) is 18.8. The summed E-state index contributed by atoms with van der Waals surface area (Å²) in [5, 5.41) is 2.60. The van der Waals surface area contributed by atoms with E-state index in [1.807, 2.05) is 6.92 Å². The van der Waals surface area contributed by atoms with Crippen LogP contribution in [0, 0.1) is 4.91 Å². The Morgan fingerprint density at radius 2 is 1.09 bits per heavy atom. The van der Waals surface area contributed by atoms with E-state index in [-0.39, 0.29) is 5.91 Å². The zero-order valence-corrected chi connectivity index (χ0v) is 15.7. The summed E-state index contributed by atoms with van der Waals surface area (Å²) in [6.45, 7) is 4.64. The molecule has 4 heteroatoms. The average molecular weight is 329 g/mol. The quantitative estimate of drug-likeness (QED) is 0.274. The van der Waals surface area contributed by atoms with Crippen LogP contribution in [0.4, 0.5) is 0 Å². The molecule has 0 spiro atoms. The molecule has 0 saturated carbocycles. The Morgan fingerprint density at radius 3 is 1.35 bits per heavy atom. The molecule has 0 aromatic carbocycles. The van der Waals surface area contributed by atoms with Gasteiger partial charge in [0, 0.05) is 6.42 Å². The van der Waals surface area contributed by atoms with Crippen molar-refractivity contribution < 1.29 is 4.79 Å². The molecule has 138 valence electrons. The third-order valence-electron chi connectivity index (χ3n) is 3.84. The number of unbranched alkanes of at least 4 members (excludes halogenated alkanes) is 12. The molecule has 0 aromatic heterocycles. The van der Waals surface area contributed by atoms with Crippen molar-refractivity contribution in [1.29, 1.82) is 0 Å². The van der Waals surface area contributed by atoms with Gasteiger partial charge in [-0.3, -0.25) is 4.79 Å². The van der Waals surface area contributed by atoms with Gasteiger partial charge in [-0.05, 0) is 12.8 Å². The summed E-state index contributed by atoms with van der Waals surface area (Å²) in [6, 6.07) is 0. The second-order valence-electron chi connectivity index (χ2n) is 6.31. The summed E-state index contributed by atoms with van der Waals surface area (Å²) in [5.41, 5.74) is 5.09. The van der Waals surface area contributed by atoms with Gasteiger partial charge < -0.3 is 5.73 Å². The molecule has 4 nitrogen and oxygen atoms in total. The largest absolute Gasteiger partial charge is 0.370 e. The molecule has 0 rings (SSSR count). The van der Waals surface area contributed by atoms with Crippen molar-refractivity contribution in [2.24, 2.45) is 10.9 Å². The first-order valence-corrected chi connectivity index (χ1v) is 9.76. The highest BCUT2D eigenvalue weighted by Gasteiger charge is 1.95. The lowest BCUT2D eigenvalue weighted by Crippen LogP contribution is -2.09. The first-order valence-electron chi connectivity index (χ1n) is 9.76. The van der Waals surface area contributed by atoms with Gasteiger partial charge in [0.25, 0.3) is 0 Å². The standard InChI is InChI=1S/C16H33NO.C3H7NO/c1-2-3-4-5-6-7-8-9-10-11-12-13-14-15-16(17)18;1-2-3-4-5/h2-15H2,1H3,(H2,17,18);2-3H2,1H3. The highest BCUT2D eigenvalue weighted by atomic mass is 16.3. The minimum absolute atomic E-state index is 0.155. The van der Waals surface area contributed by atoms with Crippen molar-refractivity contribution in [3.63, 3.8) is 0 Å². The van der Waals surface area contributed by atoms with E-state index in [4.69, 9.17) is 10.6 Å². The van der Waals surface area contributed by atoms with Crippen molar-refractivity contribution in [3.05, 3.63) is 4.91 Å². The number of carbonyl (C=O) groups excluding carboxylic acids is 1. The number of nitrogens with zero attached hydrogens (tertiary/aromatic N) is 1. The second-order valence-corrected chi connectivity index (χ2v) is 6.31. The van der Waals surface area contributed by atoms with Gasteiger partial charge in [0.2, 0.25) is 5.91 Å². The normalized spacial score (nSPS) is 10.0. The highest BCUT2D eigenvalue weighted by molar-refractivity contribution is 5.73. The maximum atomic E-state index is 10.5. The van der Waals surface area contributed by atoms with Crippen LogP contribution < -0.4 is 5.73 Å². The third-order valence-corrected chi connectivity index (χ3v) is 3.84. The van der Waals surface area contributed by atoms with Gasteiger partial charge >= 0.3 is 0 Å². The van der Waals surface area contributed by atoms with E-state index in [2.05, 4.69) is 12.1 Å². The van der Waals surface area contributed by atoms with Crippen molar-refractivity contribution in [2.75, 3.05) is 6.54 Å². The first kappa shape index (κ1) is 24.3. The summed E-state index contributed by atoms with van der Waals surface area (Å²) in [5.74, 6) is -0.155. The van der Waals surface area contributed by atoms with E-state index < -0.39 is 0 Å². The number of hydrogen-bond acceptors (Lipinski definition) is 3. The van der Waals surface area contributed by atoms with Gasteiger partial charge in [-0.1, -0.05) is 96.1 Å². The highest BCUT2D eigenvalue weighted by Crippen LogP contribution is 2.12. The van der Waals surface area contributed by atoms with Crippen molar-refractivity contribution in [2.45, 2.75) is 110 Å². The molecule has 23 heavy (non-hydrogen) atoms. The minimum atomic E-state index is -0.155. The number of nitroso groups, excluding NO2 is 1. The fourth-order valence-electron chi connectivity index (χ4n) is 2.41. The molecule has 0 unspecified atom stereocenters. The molecule has 0 saturated heterocycles. The lowest BCUT2D eigenvalue weighted by Gasteiger charge is -2.02. The van der Waals surface area contributed by atoms with Gasteiger partial charge in [0.15, 0.2) is 0 Å². The van der Waals surface area contributed by atoms with E-state index in [0.717, 1.165) is 12.8 Å². The van der Waals surface area contributed by atoms with Crippen LogP contribution in [0.5, 0.6) is 0 Å². The number of primary amides is 1. The Kier molecular flexibility index (Phi) is 24.7. The molecule has 0 aliphatic rings. The van der Waals surface area contributed by atoms with Gasteiger partial charge in [-0.25, -0.2) is 0 Å². The minimum Gasteiger partial charge on any atom is -0.370 e. The zero-order chi connectivity index (χ0) is 17.6. The maximum Gasteiger partial charge on any atom is 0.217 e. The monoisotopic (exact) mass is 328 g/mol. The predicted molar refractivity (Wildman–Crippen MR) is 100 cm³/mol. The zero-order valence-electron chi connectivity index (χ0n) is 15.7. The summed E-state index contributed by atoms with van der Waals surface area (Å²) < 4.78 is 0. The summed E-state index contributed by atoms with van der Waals surface area (Å²) in [7, 11) is 0. The molecular weight excluding hydrogens is 288 g/mol. The fraction of sp³-hybridized carbons (Fsp3) is 0.947. The van der Waals surface area contributed by atoms with Crippen LogP contribution in [0.2, 0.25) is 0 Å². The van der Waals surface area contributed by atoms with Gasteiger partial charge in [-0.15, -0.1) is 0 Å². The summed E-state index contributed by atoms with van der Waals surface area (Å²) >= 11 is 0. The van der Waals surface area contributed by atoms with E-state index in [9.17, 15) is 4.79 Å².